The van der Waals surface area contributed by atoms with Gasteiger partial charge in [0.25, 0.3) is 5.97 Å². The average Bonchev–Trinajstić information content (AvgIpc) is 1.84. The molecule has 0 saturated heterocycles. The Balaban J connectivity index is -0.000000405. The van der Waals surface area contributed by atoms with Crippen LogP contribution in [0.15, 0.2) is 0 Å². The van der Waals surface area contributed by atoms with Crippen molar-refractivity contribution in [3.05, 3.63) is 0 Å². The summed E-state index contributed by atoms with van der Waals surface area (Å²) >= 11 is 8.45. The standard InChI is InChI=1S/C4H6O4S2.Na.Sb/c5-3(6)1(9)2(10)4(7)8;;/h1-2,9-10H,(H,5,6)(H,7,8);;/q;+1;/p-3. The summed E-state index contributed by atoms with van der Waals surface area (Å²) in [4.78, 5) is 19.9. The SMILES string of the molecule is O=C([O-])C([S-])C([S-])C(=O)O.[Na+].[Sb]. The molecule has 0 saturated carbocycles. The van der Waals surface area contributed by atoms with E-state index in [9.17, 15) is 14.7 Å². The van der Waals surface area contributed by atoms with Crippen LogP contribution in [0.1, 0.15) is 0 Å². The van der Waals surface area contributed by atoms with E-state index in [0.29, 0.717) is 0 Å². The van der Waals surface area contributed by atoms with Gasteiger partial charge in [0.2, 0.25) is 0 Å². The fourth-order valence-corrected chi connectivity index (χ4v) is 0.481. The Kier molecular flexibility index (Phi) is 14.4. The largest absolute Gasteiger partial charge is 1.00 e. The van der Waals surface area contributed by atoms with Crippen LogP contribution >= 0.6 is 0 Å². The third kappa shape index (κ3) is 6.92. The summed E-state index contributed by atoms with van der Waals surface area (Å²) in [6.45, 7) is 0. The molecule has 0 bridgehead atoms. The molecule has 0 aliphatic rings. The Morgan fingerprint density at radius 3 is 1.67 bits per heavy atom. The second kappa shape index (κ2) is 9.03. The number of carboxylic acids is 2. The van der Waals surface area contributed by atoms with Crippen LogP contribution in [-0.4, -0.2) is 52.0 Å². The maximum Gasteiger partial charge on any atom is 1.00 e. The van der Waals surface area contributed by atoms with Crippen LogP contribution in [0.25, 0.3) is 0 Å². The molecule has 0 aliphatic heterocycles. The van der Waals surface area contributed by atoms with Gasteiger partial charge in [-0.25, -0.2) is 0 Å². The van der Waals surface area contributed by atoms with Crippen LogP contribution < -0.4 is 34.7 Å². The third-order valence-electron chi connectivity index (χ3n) is 0.751. The fraction of sp³-hybridized carbons (Fsp3) is 0.500. The summed E-state index contributed by atoms with van der Waals surface area (Å²) in [5.74, 6) is -3.02. The van der Waals surface area contributed by atoms with Gasteiger partial charge in [0.15, 0.2) is 0 Å². The van der Waals surface area contributed by atoms with Crippen LogP contribution in [0.4, 0.5) is 0 Å². The number of rotatable bonds is 3. The number of carboxylic acid groups (broad SMARTS) is 2. The smallest absolute Gasteiger partial charge is 0.785 e. The third-order valence-corrected chi connectivity index (χ3v) is 1.86. The molecule has 0 aliphatic carbocycles. The molecule has 0 aromatic carbocycles. The van der Waals surface area contributed by atoms with E-state index in [1.807, 2.05) is 0 Å². The molecule has 3 radical (unpaired) electrons. The second-order valence-corrected chi connectivity index (χ2v) is 2.51. The molecule has 0 aromatic heterocycles. The van der Waals surface area contributed by atoms with E-state index >= 15 is 0 Å². The summed E-state index contributed by atoms with van der Waals surface area (Å²) in [7, 11) is 0. The number of carbonyl (C=O) groups is 2. The van der Waals surface area contributed by atoms with Gasteiger partial charge in [-0.05, 0) is 0 Å². The minimum Gasteiger partial charge on any atom is -0.785 e. The van der Waals surface area contributed by atoms with Crippen LogP contribution in [0, 0.1) is 0 Å². The second-order valence-electron chi connectivity index (χ2n) is 1.50. The van der Waals surface area contributed by atoms with Crippen LogP contribution in [0.5, 0.6) is 0 Å². The quantitative estimate of drug-likeness (QED) is 0.412. The van der Waals surface area contributed by atoms with Crippen molar-refractivity contribution in [2.45, 2.75) is 10.5 Å². The zero-order valence-corrected chi connectivity index (χ0v) is 12.3. The van der Waals surface area contributed by atoms with E-state index in [4.69, 9.17) is 5.11 Å². The van der Waals surface area contributed by atoms with Gasteiger partial charge in [-0.15, -0.1) is 5.25 Å². The molecule has 0 spiro atoms. The molecule has 0 aromatic rings. The number of hydrogen-bond donors (Lipinski definition) is 1. The van der Waals surface area contributed by atoms with Crippen molar-refractivity contribution in [2.75, 3.05) is 0 Å². The van der Waals surface area contributed by atoms with Crippen LogP contribution in [0.2, 0.25) is 0 Å². The maximum atomic E-state index is 9.98. The maximum absolute atomic E-state index is 9.98. The first-order chi connectivity index (χ1) is 4.46. The molecular weight excluding hydrogens is 321 g/mol. The van der Waals surface area contributed by atoms with Gasteiger partial charge < -0.3 is 40.3 Å². The molecule has 0 rings (SSSR count). The van der Waals surface area contributed by atoms with Crippen LogP contribution in [0.3, 0.4) is 0 Å². The summed E-state index contributed by atoms with van der Waals surface area (Å²) in [5, 5.41) is 15.0. The fourth-order valence-electron chi connectivity index (χ4n) is 0.253. The average molecular weight is 324 g/mol. The monoisotopic (exact) mass is 323 g/mol. The summed E-state index contributed by atoms with van der Waals surface area (Å²) in [6, 6.07) is 0. The van der Waals surface area contributed by atoms with Gasteiger partial charge in [-0.3, -0.25) is 4.79 Å². The van der Waals surface area contributed by atoms with E-state index in [-0.39, 0.29) is 54.0 Å². The molecule has 2 atom stereocenters. The summed E-state index contributed by atoms with van der Waals surface area (Å²) in [6.07, 6.45) is 0. The van der Waals surface area contributed by atoms with Crippen molar-refractivity contribution in [3.8, 4) is 0 Å². The summed E-state index contributed by atoms with van der Waals surface area (Å²) < 4.78 is 0. The molecule has 0 amide bonds. The first kappa shape index (κ1) is 19.1. The van der Waals surface area contributed by atoms with Crippen molar-refractivity contribution in [1.29, 1.82) is 0 Å². The van der Waals surface area contributed by atoms with E-state index < -0.39 is 22.4 Å². The van der Waals surface area contributed by atoms with Crippen molar-refractivity contribution in [3.63, 3.8) is 0 Å². The first-order valence-electron chi connectivity index (χ1n) is 2.22. The molecule has 63 valence electrons. The van der Waals surface area contributed by atoms with E-state index in [1.165, 1.54) is 0 Å². The van der Waals surface area contributed by atoms with Crippen LogP contribution in [-0.2, 0) is 34.8 Å². The minimum absolute atomic E-state index is 0. The molecule has 4 nitrogen and oxygen atoms in total. The van der Waals surface area contributed by atoms with E-state index in [0.717, 1.165) is 0 Å². The Bertz CT molecular complexity index is 149. The van der Waals surface area contributed by atoms with Crippen molar-refractivity contribution in [2.24, 2.45) is 0 Å². The van der Waals surface area contributed by atoms with Crippen molar-refractivity contribution in [1.82, 2.24) is 0 Å². The Labute approximate surface area is 120 Å². The normalized spacial score (nSPS) is 13.2. The Morgan fingerprint density at radius 1 is 1.25 bits per heavy atom. The molecular formula is C4H3NaO4S2Sb-2. The zero-order chi connectivity index (χ0) is 8.31. The Hall–Kier alpha value is 1.46. The molecule has 12 heavy (non-hydrogen) atoms. The summed E-state index contributed by atoms with van der Waals surface area (Å²) in [5.41, 5.74) is 0. The van der Waals surface area contributed by atoms with Gasteiger partial charge in [0.1, 0.15) is 0 Å². The number of aliphatic carboxylic acids is 2. The molecule has 1 N–H and O–H groups in total. The minimum atomic E-state index is -1.61. The predicted molar refractivity (Wildman–Crippen MR) is 40.7 cm³/mol. The van der Waals surface area contributed by atoms with Gasteiger partial charge in [0, 0.05) is 30.4 Å². The number of hydrogen-bond acceptors (Lipinski definition) is 5. The van der Waals surface area contributed by atoms with Gasteiger partial charge in [-0.1, -0.05) is 5.25 Å². The first-order valence-corrected chi connectivity index (χ1v) is 3.16. The van der Waals surface area contributed by atoms with Gasteiger partial charge >= 0.3 is 29.6 Å². The molecule has 0 fully saturated rings. The van der Waals surface area contributed by atoms with Crippen molar-refractivity contribution >= 4 is 61.6 Å². The topological polar surface area (TPSA) is 77.4 Å². The van der Waals surface area contributed by atoms with Crippen molar-refractivity contribution < 1.29 is 49.4 Å². The number of carbonyl (C=O) groups excluding carboxylic acids is 1. The van der Waals surface area contributed by atoms with E-state index in [1.54, 1.807) is 0 Å². The molecule has 2 unspecified atom stereocenters. The zero-order valence-electron chi connectivity index (χ0n) is 6.09. The van der Waals surface area contributed by atoms with Gasteiger partial charge in [0.05, 0.1) is 0 Å². The van der Waals surface area contributed by atoms with E-state index in [2.05, 4.69) is 25.3 Å². The molecule has 8 heteroatoms. The van der Waals surface area contributed by atoms with Gasteiger partial charge in [-0.2, -0.15) is 0 Å². The Morgan fingerprint density at radius 2 is 1.58 bits per heavy atom. The predicted octanol–water partition coefficient (Wildman–Crippen LogP) is -5.72. The molecule has 0 heterocycles.